The van der Waals surface area contributed by atoms with Gasteiger partial charge in [0.1, 0.15) is 0 Å². The first-order chi connectivity index (χ1) is 3.72. The molecule has 0 radical (unpaired) electrons. The first-order valence-electron chi connectivity index (χ1n) is 1.88. The number of hydrogen-bond donors (Lipinski definition) is 0. The Hall–Kier alpha value is -0.346. The Morgan fingerprint density at radius 3 is 1.33 bits per heavy atom. The Kier molecular flexibility index (Phi) is 7.36. The van der Waals surface area contributed by atoms with Gasteiger partial charge in [-0.05, 0) is 0 Å². The van der Waals surface area contributed by atoms with Gasteiger partial charge in [0.15, 0.2) is 0 Å². The fourth-order valence-corrected chi connectivity index (χ4v) is 0.167. The molecule has 0 unspecified atom stereocenters. The van der Waals surface area contributed by atoms with Gasteiger partial charge in [0.25, 0.3) is 0 Å². The summed E-state index contributed by atoms with van der Waals surface area (Å²) >= 11 is 0. The maximum Gasteiger partial charge on any atom is 0.417 e. The predicted octanol–water partition coefficient (Wildman–Crippen LogP) is -0.670. The average molecular weight is 166 g/mol. The van der Waals surface area contributed by atoms with Gasteiger partial charge in [0.05, 0.1) is 14.2 Å². The summed E-state index contributed by atoms with van der Waals surface area (Å²) in [4.78, 5) is 20.1. The van der Waals surface area contributed by atoms with Crippen molar-refractivity contribution in [1.29, 1.82) is 0 Å². The van der Waals surface area contributed by atoms with E-state index in [1.54, 1.807) is 0 Å². The van der Waals surface area contributed by atoms with Crippen LogP contribution in [-0.2, 0) is 40.8 Å². The van der Waals surface area contributed by atoms with Gasteiger partial charge in [-0.2, -0.15) is 0 Å². The van der Waals surface area contributed by atoms with Crippen LogP contribution >= 0.6 is 0 Å². The molecule has 5 heteroatoms. The van der Waals surface area contributed by atoms with Crippen LogP contribution in [0.4, 0.5) is 0 Å². The SMILES string of the molecule is COC(=O)C(=O)OC.[Ti]. The van der Waals surface area contributed by atoms with Crippen molar-refractivity contribution in [2.75, 3.05) is 14.2 Å². The maximum absolute atomic E-state index is 10.0. The van der Waals surface area contributed by atoms with Crippen LogP contribution in [0.1, 0.15) is 0 Å². The van der Waals surface area contributed by atoms with Crippen LogP contribution in [0, 0.1) is 0 Å². The first kappa shape index (κ1) is 11.5. The van der Waals surface area contributed by atoms with Crippen molar-refractivity contribution in [2.24, 2.45) is 0 Å². The van der Waals surface area contributed by atoms with Crippen LogP contribution in [0.3, 0.4) is 0 Å². The zero-order valence-corrected chi connectivity index (χ0v) is 6.69. The van der Waals surface area contributed by atoms with Gasteiger partial charge in [-0.1, -0.05) is 0 Å². The fourth-order valence-electron chi connectivity index (χ4n) is 0.167. The maximum atomic E-state index is 10.0. The van der Waals surface area contributed by atoms with Gasteiger partial charge in [-0.25, -0.2) is 9.59 Å². The summed E-state index contributed by atoms with van der Waals surface area (Å²) in [5, 5.41) is 0. The number of carbonyl (C=O) groups is 2. The molecule has 0 aliphatic rings. The Morgan fingerprint density at radius 1 is 1.00 bits per heavy atom. The number of ether oxygens (including phenoxy) is 2. The summed E-state index contributed by atoms with van der Waals surface area (Å²) in [6, 6.07) is 0. The van der Waals surface area contributed by atoms with E-state index < -0.39 is 11.9 Å². The van der Waals surface area contributed by atoms with Crippen molar-refractivity contribution in [3.05, 3.63) is 0 Å². The fraction of sp³-hybridized carbons (Fsp3) is 0.500. The number of rotatable bonds is 0. The first-order valence-corrected chi connectivity index (χ1v) is 1.88. The minimum absolute atomic E-state index is 0. The predicted molar refractivity (Wildman–Crippen MR) is 24.0 cm³/mol. The van der Waals surface area contributed by atoms with E-state index in [1.165, 1.54) is 0 Å². The van der Waals surface area contributed by atoms with Crippen LogP contribution in [0.25, 0.3) is 0 Å². The van der Waals surface area contributed by atoms with Crippen molar-refractivity contribution >= 4 is 11.9 Å². The molecule has 0 heterocycles. The average Bonchev–Trinajstić information content (AvgIpc) is 1.84. The van der Waals surface area contributed by atoms with E-state index in [0.717, 1.165) is 14.2 Å². The molecule has 0 aliphatic carbocycles. The van der Waals surface area contributed by atoms with Gasteiger partial charge in [-0.3, -0.25) is 0 Å². The molecule has 0 saturated carbocycles. The molecular formula is C4H6O4Ti. The third-order valence-electron chi connectivity index (χ3n) is 0.537. The van der Waals surface area contributed by atoms with E-state index in [1.807, 2.05) is 0 Å². The summed E-state index contributed by atoms with van der Waals surface area (Å²) < 4.78 is 7.98. The van der Waals surface area contributed by atoms with E-state index in [2.05, 4.69) is 9.47 Å². The second-order valence-electron chi connectivity index (χ2n) is 0.983. The quantitative estimate of drug-likeness (QED) is 0.272. The van der Waals surface area contributed by atoms with E-state index in [9.17, 15) is 9.59 Å². The largest absolute Gasteiger partial charge is 0.461 e. The topological polar surface area (TPSA) is 52.6 Å². The van der Waals surface area contributed by atoms with Crippen molar-refractivity contribution in [2.45, 2.75) is 0 Å². The molecule has 50 valence electrons. The molecule has 9 heavy (non-hydrogen) atoms. The summed E-state index contributed by atoms with van der Waals surface area (Å²) in [6.07, 6.45) is 0. The van der Waals surface area contributed by atoms with Crippen LogP contribution in [0.5, 0.6) is 0 Å². The van der Waals surface area contributed by atoms with E-state index in [0.29, 0.717) is 0 Å². The van der Waals surface area contributed by atoms with E-state index >= 15 is 0 Å². The molecule has 4 nitrogen and oxygen atoms in total. The van der Waals surface area contributed by atoms with Gasteiger partial charge < -0.3 is 9.47 Å². The van der Waals surface area contributed by atoms with Gasteiger partial charge in [0.2, 0.25) is 0 Å². The van der Waals surface area contributed by atoms with Crippen LogP contribution in [0.15, 0.2) is 0 Å². The third-order valence-corrected chi connectivity index (χ3v) is 0.537. The zero-order valence-electron chi connectivity index (χ0n) is 5.13. The van der Waals surface area contributed by atoms with E-state index in [4.69, 9.17) is 0 Å². The molecule has 0 bridgehead atoms. The van der Waals surface area contributed by atoms with Crippen molar-refractivity contribution in [3.63, 3.8) is 0 Å². The van der Waals surface area contributed by atoms with Gasteiger partial charge in [0, 0.05) is 21.7 Å². The molecule has 0 aliphatic heterocycles. The molecule has 0 amide bonds. The standard InChI is InChI=1S/C4H6O4.Ti/c1-7-3(5)4(6)8-2;/h1-2H3;. The summed E-state index contributed by atoms with van der Waals surface area (Å²) in [5.74, 6) is -1.96. The second-order valence-corrected chi connectivity index (χ2v) is 0.983. The normalized spacial score (nSPS) is 6.89. The Balaban J connectivity index is 0. The van der Waals surface area contributed by atoms with Crippen LogP contribution in [0.2, 0.25) is 0 Å². The second kappa shape index (κ2) is 5.78. The molecule has 0 fully saturated rings. The minimum atomic E-state index is -0.979. The number of carbonyl (C=O) groups excluding carboxylic acids is 2. The van der Waals surface area contributed by atoms with Crippen molar-refractivity contribution < 1.29 is 40.8 Å². The summed E-state index contributed by atoms with van der Waals surface area (Å²) in [7, 11) is 2.22. The minimum Gasteiger partial charge on any atom is -0.461 e. The number of hydrogen-bond acceptors (Lipinski definition) is 4. The van der Waals surface area contributed by atoms with Crippen LogP contribution < -0.4 is 0 Å². The molecule has 0 spiro atoms. The smallest absolute Gasteiger partial charge is 0.417 e. The van der Waals surface area contributed by atoms with Crippen LogP contribution in [-0.4, -0.2) is 26.2 Å². The van der Waals surface area contributed by atoms with Crippen molar-refractivity contribution in [3.8, 4) is 0 Å². The molecule has 0 rings (SSSR count). The summed E-state index contributed by atoms with van der Waals surface area (Å²) in [5.41, 5.74) is 0. The molecule has 0 aromatic rings. The molecule has 0 aromatic carbocycles. The number of esters is 2. The molecule has 0 aromatic heterocycles. The van der Waals surface area contributed by atoms with Gasteiger partial charge >= 0.3 is 11.9 Å². The molecular weight excluding hydrogens is 160 g/mol. The number of methoxy groups -OCH3 is 2. The van der Waals surface area contributed by atoms with E-state index in [-0.39, 0.29) is 21.7 Å². The Morgan fingerprint density at radius 2 is 1.22 bits per heavy atom. The third kappa shape index (κ3) is 4.18. The Bertz CT molecular complexity index is 97.1. The zero-order chi connectivity index (χ0) is 6.57. The molecule has 0 atom stereocenters. The Labute approximate surface area is 67.4 Å². The van der Waals surface area contributed by atoms with Gasteiger partial charge in [-0.15, -0.1) is 0 Å². The molecule has 0 N–H and O–H groups in total. The molecule has 0 saturated heterocycles. The summed E-state index contributed by atoms with van der Waals surface area (Å²) in [6.45, 7) is 0. The monoisotopic (exact) mass is 166 g/mol. The van der Waals surface area contributed by atoms with Crippen molar-refractivity contribution in [1.82, 2.24) is 0 Å².